The number of amides is 1. The maximum Gasteiger partial charge on any atom is 0.305 e. The van der Waals surface area contributed by atoms with Crippen molar-refractivity contribution in [1.29, 1.82) is 0 Å². The maximum absolute atomic E-state index is 13.2. The highest BCUT2D eigenvalue weighted by Gasteiger charge is 2.15. The van der Waals surface area contributed by atoms with Gasteiger partial charge in [-0.1, -0.05) is 91.4 Å². The number of nitrogens with zero attached hydrogens (tertiary/aromatic N) is 2. The van der Waals surface area contributed by atoms with Gasteiger partial charge in [-0.05, 0) is 79.5 Å². The van der Waals surface area contributed by atoms with Gasteiger partial charge >= 0.3 is 4.87 Å². The Labute approximate surface area is 310 Å². The fraction of sp³-hybridized carbons (Fsp3) is 0.385. The average Bonchev–Trinajstić information content (AvgIpc) is 3.54. The lowest BCUT2D eigenvalue weighted by Crippen LogP contribution is -2.42. The van der Waals surface area contributed by atoms with E-state index in [0.29, 0.717) is 51.3 Å². The topological polar surface area (TPSA) is 152 Å². The van der Waals surface area contributed by atoms with Crippen LogP contribution in [0.25, 0.3) is 21.0 Å². The van der Waals surface area contributed by atoms with E-state index >= 15 is 0 Å². The number of ether oxygens (including phenoxy) is 1. The number of aromatic nitrogens is 1. The quantitative estimate of drug-likeness (QED) is 0.0659. The molecule has 0 aliphatic rings. The first-order valence-electron chi connectivity index (χ1n) is 17.6. The number of aromatic hydroxyl groups is 1. The van der Waals surface area contributed by atoms with E-state index in [1.165, 1.54) is 28.5 Å². The highest BCUT2D eigenvalue weighted by Crippen LogP contribution is 2.28. The number of carbonyl (C=O) groups is 1. The molecule has 280 valence electrons. The van der Waals surface area contributed by atoms with Gasteiger partial charge in [0.05, 0.1) is 29.2 Å². The minimum atomic E-state index is -4.02. The van der Waals surface area contributed by atoms with E-state index in [2.05, 4.69) is 71.5 Å². The Bertz CT molecular complexity index is 2040. The summed E-state index contributed by atoms with van der Waals surface area (Å²) in [5.74, 6) is 0.205. The van der Waals surface area contributed by atoms with Gasteiger partial charge in [0.2, 0.25) is 5.91 Å². The van der Waals surface area contributed by atoms with Gasteiger partial charge in [-0.25, -0.2) is 0 Å². The third kappa shape index (κ3) is 12.2. The van der Waals surface area contributed by atoms with Crippen LogP contribution in [0.5, 0.6) is 5.75 Å². The van der Waals surface area contributed by atoms with E-state index in [1.807, 2.05) is 17.9 Å². The summed E-state index contributed by atoms with van der Waals surface area (Å²) in [7, 11) is -4.02. The molecule has 1 amide bonds. The largest absolute Gasteiger partial charge is 0.506 e. The summed E-state index contributed by atoms with van der Waals surface area (Å²) in [6, 6.07) is 24.2. The van der Waals surface area contributed by atoms with Gasteiger partial charge < -0.3 is 29.9 Å². The van der Waals surface area contributed by atoms with E-state index in [0.717, 1.165) is 59.6 Å². The van der Waals surface area contributed by atoms with Crippen LogP contribution >= 0.6 is 11.3 Å². The number of likely N-dealkylation sites (N-methyl/N-ethyl adjacent to an activating group) is 1. The van der Waals surface area contributed by atoms with Crippen molar-refractivity contribution >= 4 is 48.4 Å². The summed E-state index contributed by atoms with van der Waals surface area (Å²) in [6.07, 6.45) is 1.91. The number of hydrogen-bond donors (Lipinski definition) is 4. The van der Waals surface area contributed by atoms with Gasteiger partial charge in [0.25, 0.3) is 10.1 Å². The first kappa shape index (κ1) is 40.7. The van der Waals surface area contributed by atoms with Crippen LogP contribution in [0.15, 0.2) is 88.6 Å². The zero-order chi connectivity index (χ0) is 37.5. The molecule has 5 rings (SSSR count). The zero-order valence-corrected chi connectivity index (χ0v) is 31.8. The van der Waals surface area contributed by atoms with E-state index < -0.39 is 10.1 Å². The van der Waals surface area contributed by atoms with Crippen LogP contribution in [0.3, 0.4) is 0 Å². The monoisotopic (exact) mass is 750 g/mol. The van der Waals surface area contributed by atoms with E-state index in [4.69, 9.17) is 9.29 Å². The van der Waals surface area contributed by atoms with E-state index in [9.17, 15) is 23.1 Å². The number of nitrogens with one attached hydrogen (secondary N) is 2. The Balaban J connectivity index is 0.000000470. The van der Waals surface area contributed by atoms with Crippen LogP contribution in [-0.2, 0) is 32.5 Å². The molecule has 52 heavy (non-hydrogen) atoms. The fourth-order valence-corrected chi connectivity index (χ4v) is 7.20. The second-order valence-electron chi connectivity index (χ2n) is 12.4. The molecule has 4 N–H and O–H groups in total. The maximum atomic E-state index is 13.2. The molecular weight excluding hydrogens is 701 g/mol. The number of rotatable bonds is 18. The number of phenols is 1. The van der Waals surface area contributed by atoms with E-state index in [1.54, 1.807) is 18.2 Å². The summed E-state index contributed by atoms with van der Waals surface area (Å²) in [4.78, 5) is 31.7. The van der Waals surface area contributed by atoms with Crippen LogP contribution < -0.4 is 10.2 Å². The lowest BCUT2D eigenvalue weighted by molar-refractivity contribution is -0.132. The molecule has 0 atom stereocenters. The molecule has 0 fully saturated rings. The van der Waals surface area contributed by atoms with E-state index in [-0.39, 0.29) is 21.4 Å². The smallest absolute Gasteiger partial charge is 0.305 e. The second-order valence-corrected chi connectivity index (χ2v) is 14.8. The molecule has 0 aliphatic carbocycles. The van der Waals surface area contributed by atoms with Gasteiger partial charge in [0.1, 0.15) is 11.3 Å². The molecule has 13 heteroatoms. The van der Waals surface area contributed by atoms with Crippen molar-refractivity contribution < 1.29 is 27.6 Å². The summed E-state index contributed by atoms with van der Waals surface area (Å²) in [5.41, 5.74) is 3.74. The van der Waals surface area contributed by atoms with Crippen molar-refractivity contribution in [1.82, 2.24) is 20.1 Å². The highest BCUT2D eigenvalue weighted by atomic mass is 32.2. The molecule has 0 spiro atoms. The molecule has 5 aromatic rings. The Kier molecular flexibility index (Phi) is 15.8. The number of hydrogen-bond acceptors (Lipinski definition) is 9. The second kappa shape index (κ2) is 20.2. The highest BCUT2D eigenvalue weighted by molar-refractivity contribution is 7.85. The van der Waals surface area contributed by atoms with Crippen molar-refractivity contribution in [3.63, 3.8) is 0 Å². The molecule has 0 aliphatic heterocycles. The number of H-pyrrole nitrogens is 1. The number of fused-ring (bicyclic) bond motifs is 2. The number of benzene rings is 4. The Morgan fingerprint density at radius 1 is 0.865 bits per heavy atom. The van der Waals surface area contributed by atoms with Crippen LogP contribution in [-0.4, -0.2) is 97.8 Å². The number of aromatic amines is 1. The standard InChI is InChI=1S/C32H42N4O4S.C7H8O3S/c1-3-35(4-2)20-21-36(19-18-33-17-14-26-12-13-28(37)30-31(26)41-32(39)34-30)29(38)16-23-40-22-15-25-10-7-9-24-8-5-6-11-27(24)25;1-6-2-4-7(5-3-6)11(8,9)10/h5-13,33,37H,3-4,14-23H2,1-2H3,(H,34,39);2-5H,1H3,(H,8,9,10). The first-order valence-corrected chi connectivity index (χ1v) is 19.9. The van der Waals surface area contributed by atoms with Crippen molar-refractivity contribution in [2.24, 2.45) is 0 Å². The van der Waals surface area contributed by atoms with Gasteiger partial charge in [-0.2, -0.15) is 8.42 Å². The molecule has 4 aromatic carbocycles. The van der Waals surface area contributed by atoms with Crippen molar-refractivity contribution in [3.05, 3.63) is 105 Å². The Hall–Kier alpha value is -4.11. The van der Waals surface area contributed by atoms with Gasteiger partial charge in [-0.15, -0.1) is 0 Å². The SMILES string of the molecule is CCN(CC)CCN(CCNCCc1ccc(O)c2[nH]c(=O)sc12)C(=O)CCOCCc1cccc2ccccc12.Cc1ccc(S(=O)(=O)O)cc1. The number of carbonyl (C=O) groups excluding carboxylic acids is 1. The van der Waals surface area contributed by atoms with Crippen LogP contribution in [0.2, 0.25) is 0 Å². The molecule has 1 heterocycles. The third-order valence-electron chi connectivity index (χ3n) is 8.88. The third-order valence-corrected chi connectivity index (χ3v) is 10.7. The Morgan fingerprint density at radius 2 is 1.60 bits per heavy atom. The van der Waals surface area contributed by atoms with Crippen LogP contribution in [0.4, 0.5) is 0 Å². The molecule has 0 saturated heterocycles. The predicted molar refractivity (Wildman–Crippen MR) is 209 cm³/mol. The van der Waals surface area contributed by atoms with Crippen molar-refractivity contribution in [2.45, 2.75) is 44.9 Å². The summed E-state index contributed by atoms with van der Waals surface area (Å²) in [6.45, 7) is 12.6. The van der Waals surface area contributed by atoms with Gasteiger partial charge in [-0.3, -0.25) is 14.1 Å². The molecular formula is C39H50N4O7S2. The molecule has 0 bridgehead atoms. The summed E-state index contributed by atoms with van der Waals surface area (Å²) in [5, 5.41) is 15.9. The van der Waals surface area contributed by atoms with Crippen LogP contribution in [0, 0.1) is 6.92 Å². The molecule has 0 saturated carbocycles. The number of thiazole rings is 1. The zero-order valence-electron chi connectivity index (χ0n) is 30.1. The van der Waals surface area contributed by atoms with Crippen molar-refractivity contribution in [3.8, 4) is 5.75 Å². The minimum Gasteiger partial charge on any atom is -0.506 e. The molecule has 0 radical (unpaired) electrons. The van der Waals surface area contributed by atoms with Gasteiger partial charge in [0.15, 0.2) is 0 Å². The summed E-state index contributed by atoms with van der Waals surface area (Å²) >= 11 is 1.12. The number of aryl methyl sites for hydroxylation is 1. The first-order chi connectivity index (χ1) is 25.0. The average molecular weight is 751 g/mol. The van der Waals surface area contributed by atoms with Gasteiger partial charge in [0, 0.05) is 26.2 Å². The molecule has 11 nitrogen and oxygen atoms in total. The number of phenolic OH excluding ortho intramolecular Hbond substituents is 1. The fourth-order valence-electron chi connectivity index (χ4n) is 5.82. The van der Waals surface area contributed by atoms with Crippen molar-refractivity contribution in [2.75, 3.05) is 59.0 Å². The Morgan fingerprint density at radius 3 is 2.33 bits per heavy atom. The normalized spacial score (nSPS) is 11.6. The molecule has 1 aromatic heterocycles. The minimum absolute atomic E-state index is 0.0666. The lowest BCUT2D eigenvalue weighted by atomic mass is 10.0. The van der Waals surface area contributed by atoms with Crippen LogP contribution in [0.1, 0.15) is 37.0 Å². The predicted octanol–water partition coefficient (Wildman–Crippen LogP) is 5.64. The summed E-state index contributed by atoms with van der Waals surface area (Å²) < 4.78 is 36.2. The molecule has 0 unspecified atom stereocenters. The lowest BCUT2D eigenvalue weighted by Gasteiger charge is -2.27.